The van der Waals surface area contributed by atoms with Crippen LogP contribution < -0.4 is 5.32 Å². The van der Waals surface area contributed by atoms with E-state index in [1.54, 1.807) is 6.07 Å². The minimum atomic E-state index is -0.287. The molecule has 0 amide bonds. The first-order valence-corrected chi connectivity index (χ1v) is 7.12. The van der Waals surface area contributed by atoms with Crippen LogP contribution in [0.5, 0.6) is 0 Å². The highest BCUT2D eigenvalue weighted by Gasteiger charge is 2.13. The van der Waals surface area contributed by atoms with Gasteiger partial charge in [0.25, 0.3) is 0 Å². The number of aromatic amines is 1. The SMILES string of the molecule is Cc1cc(Br)c(F)c(-c2ccccc2Nc2nc[nH]n2)c1. The van der Waals surface area contributed by atoms with Crippen LogP contribution in [0.1, 0.15) is 5.56 Å². The molecule has 3 rings (SSSR count). The van der Waals surface area contributed by atoms with Crippen molar-refractivity contribution in [1.29, 1.82) is 0 Å². The highest BCUT2D eigenvalue weighted by atomic mass is 79.9. The lowest BCUT2D eigenvalue weighted by Gasteiger charge is -2.12. The van der Waals surface area contributed by atoms with Crippen LogP contribution in [-0.2, 0) is 0 Å². The Balaban J connectivity index is 2.11. The monoisotopic (exact) mass is 346 g/mol. The van der Waals surface area contributed by atoms with Gasteiger partial charge < -0.3 is 5.32 Å². The van der Waals surface area contributed by atoms with Crippen molar-refractivity contribution in [1.82, 2.24) is 15.2 Å². The van der Waals surface area contributed by atoms with Gasteiger partial charge in [0.05, 0.1) is 4.47 Å². The summed E-state index contributed by atoms with van der Waals surface area (Å²) in [5.41, 5.74) is 3.00. The van der Waals surface area contributed by atoms with Crippen molar-refractivity contribution < 1.29 is 4.39 Å². The topological polar surface area (TPSA) is 53.6 Å². The van der Waals surface area contributed by atoms with Crippen LogP contribution in [0, 0.1) is 12.7 Å². The molecular weight excluding hydrogens is 335 g/mol. The predicted molar refractivity (Wildman–Crippen MR) is 83.9 cm³/mol. The van der Waals surface area contributed by atoms with Crippen molar-refractivity contribution in [2.75, 3.05) is 5.32 Å². The molecule has 0 saturated carbocycles. The average Bonchev–Trinajstić information content (AvgIpc) is 2.96. The van der Waals surface area contributed by atoms with Crippen molar-refractivity contribution in [3.8, 4) is 11.1 Å². The highest BCUT2D eigenvalue weighted by molar-refractivity contribution is 9.10. The number of aryl methyl sites for hydroxylation is 1. The van der Waals surface area contributed by atoms with E-state index >= 15 is 0 Å². The number of H-pyrrole nitrogens is 1. The highest BCUT2D eigenvalue weighted by Crippen LogP contribution is 2.34. The van der Waals surface area contributed by atoms with E-state index in [1.807, 2.05) is 37.3 Å². The fourth-order valence-corrected chi connectivity index (χ4v) is 2.71. The first-order valence-electron chi connectivity index (χ1n) is 6.33. The van der Waals surface area contributed by atoms with E-state index in [9.17, 15) is 4.39 Å². The molecule has 0 spiro atoms. The second kappa shape index (κ2) is 5.65. The number of nitrogens with one attached hydrogen (secondary N) is 2. The number of benzene rings is 2. The van der Waals surface area contributed by atoms with Gasteiger partial charge in [-0.1, -0.05) is 18.2 Å². The second-order valence-electron chi connectivity index (χ2n) is 4.60. The van der Waals surface area contributed by atoms with E-state index in [2.05, 4.69) is 36.4 Å². The molecule has 0 aliphatic carbocycles. The summed E-state index contributed by atoms with van der Waals surface area (Å²) >= 11 is 3.25. The molecule has 106 valence electrons. The Morgan fingerprint density at radius 2 is 2.00 bits per heavy atom. The second-order valence-corrected chi connectivity index (χ2v) is 5.46. The number of anilines is 2. The molecule has 0 aliphatic rings. The van der Waals surface area contributed by atoms with Crippen LogP contribution in [0.2, 0.25) is 0 Å². The van der Waals surface area contributed by atoms with Crippen molar-refractivity contribution in [2.45, 2.75) is 6.92 Å². The van der Waals surface area contributed by atoms with E-state index in [4.69, 9.17) is 0 Å². The molecular formula is C15H12BrFN4. The number of hydrogen-bond donors (Lipinski definition) is 2. The average molecular weight is 347 g/mol. The number of nitrogens with zero attached hydrogens (tertiary/aromatic N) is 2. The molecule has 4 nitrogen and oxygen atoms in total. The number of hydrogen-bond acceptors (Lipinski definition) is 3. The lowest BCUT2D eigenvalue weighted by Crippen LogP contribution is -1.97. The Labute approximate surface area is 129 Å². The summed E-state index contributed by atoms with van der Waals surface area (Å²) in [5.74, 6) is 0.152. The Kier molecular flexibility index (Phi) is 3.70. The van der Waals surface area contributed by atoms with Gasteiger partial charge in [-0.3, -0.25) is 5.10 Å². The molecule has 2 aromatic carbocycles. The molecule has 6 heteroatoms. The van der Waals surface area contributed by atoms with E-state index in [0.717, 1.165) is 16.8 Å². The molecule has 1 aromatic heterocycles. The maximum absolute atomic E-state index is 14.4. The summed E-state index contributed by atoms with van der Waals surface area (Å²) in [6.07, 6.45) is 1.48. The molecule has 2 N–H and O–H groups in total. The van der Waals surface area contributed by atoms with Crippen LogP contribution in [0.15, 0.2) is 47.2 Å². The summed E-state index contributed by atoms with van der Waals surface area (Å²) in [6.45, 7) is 1.93. The zero-order chi connectivity index (χ0) is 14.8. The third kappa shape index (κ3) is 2.80. The molecule has 0 bridgehead atoms. The summed E-state index contributed by atoms with van der Waals surface area (Å²) < 4.78 is 14.9. The van der Waals surface area contributed by atoms with Crippen molar-refractivity contribution in [3.63, 3.8) is 0 Å². The van der Waals surface area contributed by atoms with Gasteiger partial charge >= 0.3 is 0 Å². The quantitative estimate of drug-likeness (QED) is 0.737. The molecule has 21 heavy (non-hydrogen) atoms. The minimum Gasteiger partial charge on any atom is -0.322 e. The number of halogens is 2. The van der Waals surface area contributed by atoms with Crippen LogP contribution in [-0.4, -0.2) is 15.2 Å². The first kappa shape index (κ1) is 13.8. The minimum absolute atomic E-state index is 0.287. The lowest BCUT2D eigenvalue weighted by molar-refractivity contribution is 0.624. The van der Waals surface area contributed by atoms with Gasteiger partial charge in [0.1, 0.15) is 12.1 Å². The van der Waals surface area contributed by atoms with Gasteiger partial charge in [-0.15, -0.1) is 5.10 Å². The summed E-state index contributed by atoms with van der Waals surface area (Å²) in [6, 6.07) is 11.0. The van der Waals surface area contributed by atoms with Crippen LogP contribution in [0.4, 0.5) is 16.0 Å². The van der Waals surface area contributed by atoms with E-state index in [0.29, 0.717) is 16.0 Å². The third-order valence-corrected chi connectivity index (χ3v) is 3.63. The molecule has 0 radical (unpaired) electrons. The maximum atomic E-state index is 14.4. The van der Waals surface area contributed by atoms with Crippen LogP contribution in [0.25, 0.3) is 11.1 Å². The third-order valence-electron chi connectivity index (χ3n) is 3.05. The van der Waals surface area contributed by atoms with Crippen LogP contribution in [0.3, 0.4) is 0 Å². The molecule has 1 heterocycles. The molecule has 0 unspecified atom stereocenters. The fraction of sp³-hybridized carbons (Fsp3) is 0.0667. The van der Waals surface area contributed by atoms with Gasteiger partial charge in [0, 0.05) is 16.8 Å². The zero-order valence-electron chi connectivity index (χ0n) is 11.2. The van der Waals surface area contributed by atoms with Gasteiger partial charge in [0.15, 0.2) is 0 Å². The maximum Gasteiger partial charge on any atom is 0.246 e. The fourth-order valence-electron chi connectivity index (χ4n) is 2.14. The van der Waals surface area contributed by atoms with Crippen molar-refractivity contribution in [3.05, 3.63) is 58.6 Å². The lowest BCUT2D eigenvalue weighted by atomic mass is 10.0. The molecule has 0 fully saturated rings. The van der Waals surface area contributed by atoms with Crippen molar-refractivity contribution >= 4 is 27.6 Å². The predicted octanol–water partition coefficient (Wildman–Crippen LogP) is 4.43. The Morgan fingerprint density at radius 3 is 2.76 bits per heavy atom. The van der Waals surface area contributed by atoms with Gasteiger partial charge in [-0.05, 0) is 46.6 Å². The number of para-hydroxylation sites is 1. The number of aromatic nitrogens is 3. The smallest absolute Gasteiger partial charge is 0.246 e. The Morgan fingerprint density at radius 1 is 1.19 bits per heavy atom. The van der Waals surface area contributed by atoms with E-state index in [-0.39, 0.29) is 5.82 Å². The standard InChI is InChI=1S/C15H12BrFN4/c1-9-6-11(14(17)12(16)7-9)10-4-2-3-5-13(10)20-15-18-8-19-21-15/h2-8H,1H3,(H2,18,19,20,21). The Hall–Kier alpha value is -2.21. The van der Waals surface area contributed by atoms with Crippen LogP contribution >= 0.6 is 15.9 Å². The summed E-state index contributed by atoms with van der Waals surface area (Å²) in [5, 5.41) is 9.67. The van der Waals surface area contributed by atoms with Gasteiger partial charge in [-0.25, -0.2) is 9.37 Å². The Bertz CT molecular complexity index is 771. The van der Waals surface area contributed by atoms with E-state index < -0.39 is 0 Å². The summed E-state index contributed by atoms with van der Waals surface area (Å²) in [4.78, 5) is 4.02. The van der Waals surface area contributed by atoms with Crippen molar-refractivity contribution in [2.24, 2.45) is 0 Å². The molecule has 0 atom stereocenters. The first-order chi connectivity index (χ1) is 10.1. The summed E-state index contributed by atoms with van der Waals surface area (Å²) in [7, 11) is 0. The zero-order valence-corrected chi connectivity index (χ0v) is 12.8. The van der Waals surface area contributed by atoms with Gasteiger partial charge in [0.2, 0.25) is 5.95 Å². The largest absolute Gasteiger partial charge is 0.322 e. The normalized spacial score (nSPS) is 10.6. The van der Waals surface area contributed by atoms with Gasteiger partial charge in [-0.2, -0.15) is 0 Å². The number of rotatable bonds is 3. The molecule has 0 aliphatic heterocycles. The molecule has 0 saturated heterocycles. The van der Waals surface area contributed by atoms with E-state index in [1.165, 1.54) is 6.33 Å². The molecule has 3 aromatic rings.